The molecule has 0 N–H and O–H groups in total. The first-order chi connectivity index (χ1) is 7.18. The van der Waals surface area contributed by atoms with Gasteiger partial charge in [-0.05, 0) is 6.92 Å². The maximum atomic E-state index is 11.4. The van der Waals surface area contributed by atoms with E-state index in [-0.39, 0.29) is 5.56 Å². The molecule has 6 nitrogen and oxygen atoms in total. The molecule has 0 spiro atoms. The van der Waals surface area contributed by atoms with Gasteiger partial charge in [-0.15, -0.1) is 10.2 Å². The molecule has 2 rings (SSSR count). The summed E-state index contributed by atoms with van der Waals surface area (Å²) >= 11 is 0. The van der Waals surface area contributed by atoms with E-state index < -0.39 is 0 Å². The van der Waals surface area contributed by atoms with Crippen LogP contribution in [0.4, 0.5) is 0 Å². The van der Waals surface area contributed by atoms with Crippen LogP contribution in [0.3, 0.4) is 0 Å². The van der Waals surface area contributed by atoms with Crippen LogP contribution >= 0.6 is 0 Å². The van der Waals surface area contributed by atoms with Crippen LogP contribution in [0.15, 0.2) is 23.4 Å². The summed E-state index contributed by atoms with van der Waals surface area (Å²) in [6.07, 6.45) is 2.97. The largest absolute Gasteiger partial charge is 0.317 e. The fourth-order valence-electron chi connectivity index (χ4n) is 1.24. The van der Waals surface area contributed by atoms with Gasteiger partial charge in [0.05, 0.1) is 12.9 Å². The van der Waals surface area contributed by atoms with E-state index in [0.717, 1.165) is 11.6 Å². The Balaban J connectivity index is 2.34. The zero-order valence-electron chi connectivity index (χ0n) is 8.58. The van der Waals surface area contributed by atoms with Crippen LogP contribution < -0.4 is 5.56 Å². The molecule has 78 valence electrons. The molecule has 0 bridgehead atoms. The first kappa shape index (κ1) is 9.57. The molecule has 0 saturated carbocycles. The molecule has 0 atom stereocenters. The molecular weight excluding hydrogens is 194 g/mol. The van der Waals surface area contributed by atoms with Crippen molar-refractivity contribution in [3.05, 3.63) is 40.6 Å². The molecule has 2 aromatic rings. The van der Waals surface area contributed by atoms with Crippen molar-refractivity contribution in [2.24, 2.45) is 7.05 Å². The van der Waals surface area contributed by atoms with Gasteiger partial charge in [0.15, 0.2) is 5.82 Å². The van der Waals surface area contributed by atoms with E-state index in [4.69, 9.17) is 0 Å². The Bertz CT molecular complexity index is 527. The molecule has 2 aromatic heterocycles. The Morgan fingerprint density at radius 2 is 2.20 bits per heavy atom. The highest BCUT2D eigenvalue weighted by atomic mass is 16.1. The maximum Gasteiger partial charge on any atom is 0.253 e. The van der Waals surface area contributed by atoms with Crippen molar-refractivity contribution in [1.29, 1.82) is 0 Å². The summed E-state index contributed by atoms with van der Waals surface area (Å²) in [5.74, 6) is 1.56. The van der Waals surface area contributed by atoms with Crippen LogP contribution in [0.25, 0.3) is 0 Å². The smallest absolute Gasteiger partial charge is 0.253 e. The minimum atomic E-state index is -0.0920. The van der Waals surface area contributed by atoms with Crippen LogP contribution in [0.2, 0.25) is 0 Å². The first-order valence-corrected chi connectivity index (χ1v) is 4.54. The van der Waals surface area contributed by atoms with Crippen molar-refractivity contribution >= 4 is 0 Å². The second-order valence-corrected chi connectivity index (χ2v) is 3.27. The third kappa shape index (κ3) is 1.78. The summed E-state index contributed by atoms with van der Waals surface area (Å²) in [5.41, 5.74) is -0.0920. The fraction of sp³-hybridized carbons (Fsp3) is 0.333. The number of aromatic nitrogens is 5. The van der Waals surface area contributed by atoms with Gasteiger partial charge in [0.2, 0.25) is 0 Å². The molecule has 0 amide bonds. The normalized spacial score (nSPS) is 10.5. The van der Waals surface area contributed by atoms with E-state index in [1.165, 1.54) is 23.2 Å². The molecule has 6 heteroatoms. The predicted octanol–water partition coefficient (Wildman–Crippen LogP) is -0.271. The molecule has 15 heavy (non-hydrogen) atoms. The Hall–Kier alpha value is -1.98. The summed E-state index contributed by atoms with van der Waals surface area (Å²) in [7, 11) is 1.87. The Kier molecular flexibility index (Phi) is 2.32. The van der Waals surface area contributed by atoms with Gasteiger partial charge in [0.1, 0.15) is 5.82 Å². The lowest BCUT2D eigenvalue weighted by Gasteiger charge is -2.03. The van der Waals surface area contributed by atoms with Crippen LogP contribution in [-0.4, -0.2) is 24.3 Å². The van der Waals surface area contributed by atoms with Gasteiger partial charge in [0.25, 0.3) is 5.56 Å². The summed E-state index contributed by atoms with van der Waals surface area (Å²) in [6.45, 7) is 2.26. The monoisotopic (exact) mass is 205 g/mol. The van der Waals surface area contributed by atoms with Crippen LogP contribution in [0.1, 0.15) is 11.6 Å². The van der Waals surface area contributed by atoms with Crippen LogP contribution in [0, 0.1) is 6.92 Å². The van der Waals surface area contributed by atoms with Crippen molar-refractivity contribution in [1.82, 2.24) is 24.3 Å². The highest BCUT2D eigenvalue weighted by Gasteiger charge is 2.05. The minimum absolute atomic E-state index is 0.0920. The highest BCUT2D eigenvalue weighted by molar-refractivity contribution is 4.94. The van der Waals surface area contributed by atoms with Crippen LogP contribution in [0.5, 0.6) is 0 Å². The lowest BCUT2D eigenvalue weighted by Crippen LogP contribution is -2.21. The lowest BCUT2D eigenvalue weighted by atomic mass is 10.5. The van der Waals surface area contributed by atoms with E-state index in [1.54, 1.807) is 0 Å². The molecule has 0 fully saturated rings. The van der Waals surface area contributed by atoms with E-state index in [2.05, 4.69) is 15.2 Å². The van der Waals surface area contributed by atoms with Gasteiger partial charge < -0.3 is 4.57 Å². The van der Waals surface area contributed by atoms with Gasteiger partial charge in [0, 0.05) is 19.3 Å². The topological polar surface area (TPSA) is 65.6 Å². The predicted molar refractivity (Wildman–Crippen MR) is 53.3 cm³/mol. The molecule has 0 saturated heterocycles. The van der Waals surface area contributed by atoms with E-state index >= 15 is 0 Å². The second-order valence-electron chi connectivity index (χ2n) is 3.27. The average Bonchev–Trinajstić information content (AvgIpc) is 2.53. The van der Waals surface area contributed by atoms with Gasteiger partial charge in [-0.25, -0.2) is 4.98 Å². The molecule has 2 heterocycles. The Labute approximate surface area is 86.2 Å². The van der Waals surface area contributed by atoms with E-state index in [1.807, 2.05) is 18.5 Å². The lowest BCUT2D eigenvalue weighted by molar-refractivity contribution is 0.660. The van der Waals surface area contributed by atoms with E-state index in [9.17, 15) is 4.79 Å². The summed E-state index contributed by atoms with van der Waals surface area (Å²) in [6, 6.07) is 1.42. The van der Waals surface area contributed by atoms with Gasteiger partial charge in [-0.1, -0.05) is 0 Å². The van der Waals surface area contributed by atoms with Crippen molar-refractivity contribution in [2.75, 3.05) is 0 Å². The summed E-state index contributed by atoms with van der Waals surface area (Å²) in [4.78, 5) is 15.3. The van der Waals surface area contributed by atoms with Gasteiger partial charge in [-0.3, -0.25) is 9.36 Å². The molecular formula is C9H11N5O. The highest BCUT2D eigenvalue weighted by Crippen LogP contribution is 1.98. The maximum absolute atomic E-state index is 11.4. The summed E-state index contributed by atoms with van der Waals surface area (Å²) in [5, 5.41) is 7.90. The third-order valence-corrected chi connectivity index (χ3v) is 2.29. The molecule has 0 radical (unpaired) electrons. The van der Waals surface area contributed by atoms with Crippen molar-refractivity contribution in [3.63, 3.8) is 0 Å². The van der Waals surface area contributed by atoms with Crippen molar-refractivity contribution < 1.29 is 0 Å². The first-order valence-electron chi connectivity index (χ1n) is 4.54. The molecule has 0 aliphatic rings. The van der Waals surface area contributed by atoms with Gasteiger partial charge >= 0.3 is 0 Å². The molecule has 0 unspecified atom stereocenters. The quantitative estimate of drug-likeness (QED) is 0.676. The average molecular weight is 205 g/mol. The SMILES string of the molecule is Cc1nnc(Cn2cnccc2=O)n1C. The number of nitrogens with zero attached hydrogens (tertiary/aromatic N) is 5. The Morgan fingerprint density at radius 3 is 2.80 bits per heavy atom. The minimum Gasteiger partial charge on any atom is -0.317 e. The standard InChI is InChI=1S/C9H11N5O/c1-7-11-12-8(13(7)2)5-14-6-10-4-3-9(14)15/h3-4,6H,5H2,1-2H3. The van der Waals surface area contributed by atoms with Gasteiger partial charge in [-0.2, -0.15) is 0 Å². The number of rotatable bonds is 2. The molecule has 0 aromatic carbocycles. The van der Waals surface area contributed by atoms with E-state index in [0.29, 0.717) is 6.54 Å². The molecule has 0 aliphatic heterocycles. The van der Waals surface area contributed by atoms with Crippen molar-refractivity contribution in [2.45, 2.75) is 13.5 Å². The van der Waals surface area contributed by atoms with Crippen molar-refractivity contribution in [3.8, 4) is 0 Å². The summed E-state index contributed by atoms with van der Waals surface area (Å²) < 4.78 is 3.34. The third-order valence-electron chi connectivity index (χ3n) is 2.29. The zero-order valence-corrected chi connectivity index (χ0v) is 8.58. The number of hydrogen-bond acceptors (Lipinski definition) is 4. The zero-order chi connectivity index (χ0) is 10.8. The molecule has 0 aliphatic carbocycles. The fourth-order valence-corrected chi connectivity index (χ4v) is 1.24. The Morgan fingerprint density at radius 1 is 1.40 bits per heavy atom. The number of aryl methyl sites for hydroxylation is 1. The second kappa shape index (κ2) is 3.64. The van der Waals surface area contributed by atoms with Crippen LogP contribution in [-0.2, 0) is 13.6 Å². The number of hydrogen-bond donors (Lipinski definition) is 0.